The van der Waals surface area contributed by atoms with Crippen molar-refractivity contribution in [3.05, 3.63) is 29.6 Å². The van der Waals surface area contributed by atoms with Gasteiger partial charge in [-0.3, -0.25) is 9.59 Å². The molecule has 2 unspecified atom stereocenters. The molecule has 2 N–H and O–H groups in total. The summed E-state index contributed by atoms with van der Waals surface area (Å²) in [5.41, 5.74) is 0.907. The summed E-state index contributed by atoms with van der Waals surface area (Å²) in [5.74, 6) is -3.46. The average molecular weight is 223 g/mol. The smallest absolute Gasteiger partial charge is 0.307 e. The summed E-state index contributed by atoms with van der Waals surface area (Å²) in [5, 5.41) is 11.4. The number of amides is 1. The molecule has 1 heterocycles. The lowest BCUT2D eigenvalue weighted by molar-refractivity contribution is -0.143. The Morgan fingerprint density at radius 2 is 2.25 bits per heavy atom. The van der Waals surface area contributed by atoms with Gasteiger partial charge in [-0.25, -0.2) is 4.39 Å². The molecule has 0 radical (unpaired) electrons. The van der Waals surface area contributed by atoms with E-state index in [2.05, 4.69) is 5.32 Å². The molecule has 0 aromatic heterocycles. The summed E-state index contributed by atoms with van der Waals surface area (Å²) >= 11 is 0. The number of carboxylic acids is 1. The van der Waals surface area contributed by atoms with Crippen molar-refractivity contribution >= 4 is 17.6 Å². The van der Waals surface area contributed by atoms with Crippen molar-refractivity contribution in [1.82, 2.24) is 0 Å². The van der Waals surface area contributed by atoms with Crippen LogP contribution in [-0.4, -0.2) is 17.0 Å². The van der Waals surface area contributed by atoms with Crippen LogP contribution >= 0.6 is 0 Å². The van der Waals surface area contributed by atoms with Gasteiger partial charge < -0.3 is 10.4 Å². The van der Waals surface area contributed by atoms with Gasteiger partial charge in [-0.1, -0.05) is 13.0 Å². The molecular formula is C11H10FNO3. The Morgan fingerprint density at radius 3 is 2.88 bits per heavy atom. The number of carbonyl (C=O) groups is 2. The molecule has 0 spiro atoms. The molecule has 0 aliphatic carbocycles. The number of rotatable bonds is 2. The van der Waals surface area contributed by atoms with Gasteiger partial charge >= 0.3 is 5.97 Å². The van der Waals surface area contributed by atoms with Gasteiger partial charge in [-0.15, -0.1) is 0 Å². The van der Waals surface area contributed by atoms with Crippen LogP contribution in [0, 0.1) is 11.7 Å². The molecule has 1 aliphatic heterocycles. The van der Waals surface area contributed by atoms with Crippen molar-refractivity contribution < 1.29 is 19.1 Å². The normalized spacial score (nSPS) is 20.1. The molecule has 0 saturated heterocycles. The quantitative estimate of drug-likeness (QED) is 0.799. The number of carboxylic acid groups (broad SMARTS) is 1. The van der Waals surface area contributed by atoms with Crippen LogP contribution in [0.25, 0.3) is 0 Å². The fraction of sp³-hybridized carbons (Fsp3) is 0.273. The minimum Gasteiger partial charge on any atom is -0.481 e. The van der Waals surface area contributed by atoms with E-state index in [4.69, 9.17) is 5.11 Å². The average Bonchev–Trinajstić information content (AvgIpc) is 2.51. The van der Waals surface area contributed by atoms with Crippen LogP contribution in [-0.2, 0) is 9.59 Å². The molecule has 1 aliphatic rings. The second-order valence-electron chi connectivity index (χ2n) is 3.83. The van der Waals surface area contributed by atoms with E-state index in [1.807, 2.05) is 0 Å². The van der Waals surface area contributed by atoms with Gasteiger partial charge in [0.15, 0.2) is 0 Å². The van der Waals surface area contributed by atoms with Gasteiger partial charge in [0.2, 0.25) is 5.91 Å². The molecule has 0 saturated carbocycles. The maximum atomic E-state index is 12.9. The van der Waals surface area contributed by atoms with Crippen LogP contribution < -0.4 is 5.32 Å². The predicted octanol–water partition coefficient (Wildman–Crippen LogP) is 1.58. The number of aliphatic carboxylic acids is 1. The third-order valence-electron chi connectivity index (χ3n) is 2.78. The minimum atomic E-state index is -1.04. The number of hydrogen-bond acceptors (Lipinski definition) is 2. The zero-order chi connectivity index (χ0) is 11.9. The fourth-order valence-electron chi connectivity index (χ4n) is 1.90. The summed E-state index contributed by atoms with van der Waals surface area (Å²) in [7, 11) is 0. The van der Waals surface area contributed by atoms with E-state index >= 15 is 0 Å². The lowest BCUT2D eigenvalue weighted by Gasteiger charge is -2.12. The lowest BCUT2D eigenvalue weighted by Crippen LogP contribution is -2.24. The molecule has 5 heteroatoms. The van der Waals surface area contributed by atoms with Crippen LogP contribution in [0.1, 0.15) is 18.4 Å². The molecule has 4 nitrogen and oxygen atoms in total. The second-order valence-corrected chi connectivity index (χ2v) is 3.83. The van der Waals surface area contributed by atoms with Gasteiger partial charge in [0.1, 0.15) is 5.82 Å². The number of fused-ring (bicyclic) bond motifs is 1. The van der Waals surface area contributed by atoms with Crippen molar-refractivity contribution in [1.29, 1.82) is 0 Å². The van der Waals surface area contributed by atoms with Crippen LogP contribution in [0.3, 0.4) is 0 Å². The number of nitrogens with one attached hydrogen (secondary N) is 1. The maximum absolute atomic E-state index is 12.9. The molecule has 2 atom stereocenters. The monoisotopic (exact) mass is 223 g/mol. The molecule has 1 aromatic rings. The highest BCUT2D eigenvalue weighted by Crippen LogP contribution is 2.37. The first-order chi connectivity index (χ1) is 7.50. The SMILES string of the molecule is CC(C(=O)O)C1C(=O)Nc2cc(F)ccc21. The zero-order valence-corrected chi connectivity index (χ0v) is 8.53. The molecule has 1 amide bonds. The Balaban J connectivity index is 2.44. The Kier molecular flexibility index (Phi) is 2.38. The summed E-state index contributed by atoms with van der Waals surface area (Å²) in [6.45, 7) is 1.46. The summed E-state index contributed by atoms with van der Waals surface area (Å²) in [6.07, 6.45) is 0. The first-order valence-corrected chi connectivity index (χ1v) is 4.84. The first-order valence-electron chi connectivity index (χ1n) is 4.84. The number of halogens is 1. The third kappa shape index (κ3) is 1.54. The van der Waals surface area contributed by atoms with E-state index in [9.17, 15) is 14.0 Å². The molecular weight excluding hydrogens is 213 g/mol. The first kappa shape index (κ1) is 10.6. The van der Waals surface area contributed by atoms with Gasteiger partial charge in [-0.2, -0.15) is 0 Å². The third-order valence-corrected chi connectivity index (χ3v) is 2.78. The Hall–Kier alpha value is -1.91. The Labute approximate surface area is 91.1 Å². The summed E-state index contributed by atoms with van der Waals surface area (Å²) < 4.78 is 12.9. The predicted molar refractivity (Wildman–Crippen MR) is 54.6 cm³/mol. The van der Waals surface area contributed by atoms with Gasteiger partial charge in [0.25, 0.3) is 0 Å². The number of benzene rings is 1. The van der Waals surface area contributed by atoms with Crippen molar-refractivity contribution in [2.24, 2.45) is 5.92 Å². The van der Waals surface area contributed by atoms with Crippen molar-refractivity contribution in [3.8, 4) is 0 Å². The van der Waals surface area contributed by atoms with Crippen molar-refractivity contribution in [2.45, 2.75) is 12.8 Å². The Morgan fingerprint density at radius 1 is 1.56 bits per heavy atom. The summed E-state index contributed by atoms with van der Waals surface area (Å²) in [4.78, 5) is 22.4. The highest BCUT2D eigenvalue weighted by atomic mass is 19.1. The maximum Gasteiger partial charge on any atom is 0.307 e. The second kappa shape index (κ2) is 3.59. The number of hydrogen-bond donors (Lipinski definition) is 2. The van der Waals surface area contributed by atoms with E-state index < -0.39 is 29.5 Å². The van der Waals surface area contributed by atoms with Gasteiger partial charge in [-0.05, 0) is 17.7 Å². The highest BCUT2D eigenvalue weighted by molar-refractivity contribution is 6.04. The fourth-order valence-corrected chi connectivity index (χ4v) is 1.90. The van der Waals surface area contributed by atoms with E-state index in [1.54, 1.807) is 0 Å². The van der Waals surface area contributed by atoms with Crippen LogP contribution in [0.2, 0.25) is 0 Å². The highest BCUT2D eigenvalue weighted by Gasteiger charge is 2.38. The van der Waals surface area contributed by atoms with Crippen LogP contribution in [0.15, 0.2) is 18.2 Å². The topological polar surface area (TPSA) is 66.4 Å². The minimum absolute atomic E-state index is 0.364. The largest absolute Gasteiger partial charge is 0.481 e. The van der Waals surface area contributed by atoms with Crippen molar-refractivity contribution in [2.75, 3.05) is 5.32 Å². The molecule has 0 bridgehead atoms. The molecule has 0 fully saturated rings. The standard InChI is InChI=1S/C11H10FNO3/c1-5(11(15)16)9-7-3-2-6(12)4-8(7)13-10(9)14/h2-5,9H,1H3,(H,13,14)(H,15,16). The van der Waals surface area contributed by atoms with Crippen molar-refractivity contribution in [3.63, 3.8) is 0 Å². The van der Waals surface area contributed by atoms with Crippen LogP contribution in [0.4, 0.5) is 10.1 Å². The molecule has 16 heavy (non-hydrogen) atoms. The van der Waals surface area contributed by atoms with Crippen LogP contribution in [0.5, 0.6) is 0 Å². The van der Waals surface area contributed by atoms with Gasteiger partial charge in [0, 0.05) is 5.69 Å². The number of anilines is 1. The molecule has 1 aromatic carbocycles. The van der Waals surface area contributed by atoms with Gasteiger partial charge in [0.05, 0.1) is 11.8 Å². The Bertz CT molecular complexity index is 472. The zero-order valence-electron chi connectivity index (χ0n) is 8.53. The summed E-state index contributed by atoms with van der Waals surface area (Å²) in [6, 6.07) is 3.87. The molecule has 84 valence electrons. The van der Waals surface area contributed by atoms with E-state index in [0.717, 1.165) is 0 Å². The number of carbonyl (C=O) groups excluding carboxylic acids is 1. The van der Waals surface area contributed by atoms with E-state index in [1.165, 1.54) is 25.1 Å². The van der Waals surface area contributed by atoms with E-state index in [-0.39, 0.29) is 0 Å². The van der Waals surface area contributed by atoms with E-state index in [0.29, 0.717) is 11.3 Å². The lowest BCUT2D eigenvalue weighted by atomic mass is 9.88. The molecule has 2 rings (SSSR count).